The summed E-state index contributed by atoms with van der Waals surface area (Å²) in [5.74, 6) is 0.953. The summed E-state index contributed by atoms with van der Waals surface area (Å²) in [6.07, 6.45) is 3.06. The van der Waals surface area contributed by atoms with Gasteiger partial charge in [0, 0.05) is 12.6 Å². The van der Waals surface area contributed by atoms with Gasteiger partial charge in [-0.05, 0) is 57.3 Å². The van der Waals surface area contributed by atoms with E-state index in [4.69, 9.17) is 4.74 Å². The van der Waals surface area contributed by atoms with Gasteiger partial charge in [-0.2, -0.15) is 0 Å². The molecule has 0 unspecified atom stereocenters. The van der Waals surface area contributed by atoms with E-state index >= 15 is 0 Å². The van der Waals surface area contributed by atoms with Gasteiger partial charge in [-0.25, -0.2) is 0 Å². The Kier molecular flexibility index (Phi) is 6.25. The van der Waals surface area contributed by atoms with Gasteiger partial charge in [0.2, 0.25) is 0 Å². The number of piperidine rings is 1. The van der Waals surface area contributed by atoms with Crippen LogP contribution in [-0.2, 0) is 4.79 Å². The van der Waals surface area contributed by atoms with E-state index < -0.39 is 0 Å². The Balaban J connectivity index is 1.98. The SMILES string of the molecule is CCCN(C(=O)COc1c(C)cccc1C)C1CCNCC1. The van der Waals surface area contributed by atoms with Gasteiger partial charge < -0.3 is 15.0 Å². The molecule has 0 radical (unpaired) electrons. The maximum absolute atomic E-state index is 12.6. The van der Waals surface area contributed by atoms with Crippen molar-refractivity contribution in [2.45, 2.75) is 46.1 Å². The van der Waals surface area contributed by atoms with Crippen molar-refractivity contribution in [1.82, 2.24) is 10.2 Å². The van der Waals surface area contributed by atoms with Crippen LogP contribution >= 0.6 is 0 Å². The highest BCUT2D eigenvalue weighted by Gasteiger charge is 2.25. The van der Waals surface area contributed by atoms with Crippen molar-refractivity contribution in [3.8, 4) is 5.75 Å². The zero-order valence-corrected chi connectivity index (χ0v) is 14.0. The smallest absolute Gasteiger partial charge is 0.260 e. The van der Waals surface area contributed by atoms with Crippen molar-refractivity contribution >= 4 is 5.91 Å². The maximum atomic E-state index is 12.6. The standard InChI is InChI=1S/C18H28N2O2/c1-4-12-20(16-8-10-19-11-9-16)17(21)13-22-18-14(2)6-5-7-15(18)3/h5-7,16,19H,4,8-13H2,1-3H3. The van der Waals surface area contributed by atoms with E-state index in [9.17, 15) is 4.79 Å². The lowest BCUT2D eigenvalue weighted by Gasteiger charge is -2.34. The van der Waals surface area contributed by atoms with Crippen LogP contribution in [0.3, 0.4) is 0 Å². The number of hydrogen-bond acceptors (Lipinski definition) is 3. The lowest BCUT2D eigenvalue weighted by atomic mass is 10.0. The molecule has 0 spiro atoms. The molecule has 2 rings (SSSR count). The summed E-state index contributed by atoms with van der Waals surface area (Å²) in [6.45, 7) is 9.10. The van der Waals surface area contributed by atoms with Gasteiger partial charge in [-0.15, -0.1) is 0 Å². The number of ether oxygens (including phenoxy) is 1. The first-order valence-corrected chi connectivity index (χ1v) is 8.32. The molecular weight excluding hydrogens is 276 g/mol. The van der Waals surface area contributed by atoms with Crippen molar-refractivity contribution in [2.75, 3.05) is 26.2 Å². The molecule has 0 aliphatic carbocycles. The van der Waals surface area contributed by atoms with Crippen LogP contribution in [0.5, 0.6) is 5.75 Å². The van der Waals surface area contributed by atoms with Crippen LogP contribution in [-0.4, -0.2) is 43.1 Å². The van der Waals surface area contributed by atoms with Crippen molar-refractivity contribution < 1.29 is 9.53 Å². The van der Waals surface area contributed by atoms with Gasteiger partial charge in [-0.3, -0.25) is 4.79 Å². The third-order valence-electron chi connectivity index (χ3n) is 4.28. The second kappa shape index (κ2) is 8.18. The molecule has 0 bridgehead atoms. The fourth-order valence-corrected chi connectivity index (χ4v) is 3.11. The highest BCUT2D eigenvalue weighted by atomic mass is 16.5. The summed E-state index contributed by atoms with van der Waals surface area (Å²) in [5.41, 5.74) is 2.16. The minimum atomic E-state index is 0.108. The Labute approximate surface area is 133 Å². The summed E-state index contributed by atoms with van der Waals surface area (Å²) in [4.78, 5) is 14.6. The average Bonchev–Trinajstić information content (AvgIpc) is 2.52. The van der Waals surface area contributed by atoms with E-state index in [1.807, 2.05) is 36.9 Å². The molecule has 22 heavy (non-hydrogen) atoms. The van der Waals surface area contributed by atoms with E-state index in [1.165, 1.54) is 0 Å². The summed E-state index contributed by atoms with van der Waals surface area (Å²) in [6, 6.07) is 6.40. The van der Waals surface area contributed by atoms with Gasteiger partial charge in [0.05, 0.1) is 0 Å². The summed E-state index contributed by atoms with van der Waals surface area (Å²) < 4.78 is 5.84. The number of aryl methyl sites for hydroxylation is 2. The van der Waals surface area contributed by atoms with Crippen molar-refractivity contribution in [3.63, 3.8) is 0 Å². The fraction of sp³-hybridized carbons (Fsp3) is 0.611. The molecule has 1 aliphatic rings. The first kappa shape index (κ1) is 16.8. The van der Waals surface area contributed by atoms with Crippen LogP contribution in [0, 0.1) is 13.8 Å². The molecular formula is C18H28N2O2. The molecule has 4 heteroatoms. The Morgan fingerprint density at radius 2 is 1.91 bits per heavy atom. The molecule has 1 N–H and O–H groups in total. The first-order chi connectivity index (χ1) is 10.6. The van der Waals surface area contributed by atoms with Crippen molar-refractivity contribution in [2.24, 2.45) is 0 Å². The molecule has 1 amide bonds. The summed E-state index contributed by atoms with van der Waals surface area (Å²) in [7, 11) is 0. The van der Waals surface area contributed by atoms with Gasteiger partial charge >= 0.3 is 0 Å². The number of carbonyl (C=O) groups is 1. The minimum Gasteiger partial charge on any atom is -0.483 e. The highest BCUT2D eigenvalue weighted by Crippen LogP contribution is 2.22. The highest BCUT2D eigenvalue weighted by molar-refractivity contribution is 5.78. The van der Waals surface area contributed by atoms with Crippen molar-refractivity contribution in [1.29, 1.82) is 0 Å². The molecule has 1 saturated heterocycles. The van der Waals surface area contributed by atoms with Gasteiger partial charge in [0.25, 0.3) is 5.91 Å². The van der Waals surface area contributed by atoms with E-state index in [0.717, 1.165) is 55.8 Å². The monoisotopic (exact) mass is 304 g/mol. The number of nitrogens with zero attached hydrogens (tertiary/aromatic N) is 1. The Morgan fingerprint density at radius 1 is 1.27 bits per heavy atom. The second-order valence-corrected chi connectivity index (χ2v) is 6.08. The number of rotatable bonds is 6. The average molecular weight is 304 g/mol. The van der Waals surface area contributed by atoms with Crippen LogP contribution < -0.4 is 10.1 Å². The summed E-state index contributed by atoms with van der Waals surface area (Å²) >= 11 is 0. The number of para-hydroxylation sites is 1. The molecule has 1 aromatic carbocycles. The normalized spacial score (nSPS) is 15.6. The molecule has 122 valence electrons. The summed E-state index contributed by atoms with van der Waals surface area (Å²) in [5, 5.41) is 3.35. The molecule has 0 atom stereocenters. The molecule has 1 aliphatic heterocycles. The van der Waals surface area contributed by atoms with Crippen LogP contribution in [0.4, 0.5) is 0 Å². The van der Waals surface area contributed by atoms with E-state index in [1.54, 1.807) is 0 Å². The quantitative estimate of drug-likeness (QED) is 0.878. The third kappa shape index (κ3) is 4.23. The molecule has 0 aromatic heterocycles. The topological polar surface area (TPSA) is 41.6 Å². The van der Waals surface area contributed by atoms with Crippen molar-refractivity contribution in [3.05, 3.63) is 29.3 Å². The molecule has 4 nitrogen and oxygen atoms in total. The molecule has 1 aromatic rings. The van der Waals surface area contributed by atoms with Gasteiger partial charge in [-0.1, -0.05) is 25.1 Å². The van der Waals surface area contributed by atoms with Crippen LogP contribution in [0.2, 0.25) is 0 Å². The molecule has 1 heterocycles. The number of nitrogens with one attached hydrogen (secondary N) is 1. The van der Waals surface area contributed by atoms with E-state index in [2.05, 4.69) is 12.2 Å². The number of carbonyl (C=O) groups excluding carboxylic acids is 1. The predicted molar refractivity (Wildman–Crippen MR) is 89.3 cm³/mol. The number of hydrogen-bond donors (Lipinski definition) is 1. The fourth-order valence-electron chi connectivity index (χ4n) is 3.11. The van der Waals surface area contributed by atoms with Crippen LogP contribution in [0.15, 0.2) is 18.2 Å². The van der Waals surface area contributed by atoms with Crippen LogP contribution in [0.1, 0.15) is 37.3 Å². The van der Waals surface area contributed by atoms with E-state index in [0.29, 0.717) is 6.04 Å². The largest absolute Gasteiger partial charge is 0.483 e. The molecule has 1 fully saturated rings. The predicted octanol–water partition coefficient (Wildman–Crippen LogP) is 2.67. The second-order valence-electron chi connectivity index (χ2n) is 6.08. The zero-order valence-electron chi connectivity index (χ0n) is 14.0. The maximum Gasteiger partial charge on any atom is 0.260 e. The van der Waals surface area contributed by atoms with Gasteiger partial charge in [0.1, 0.15) is 5.75 Å². The zero-order chi connectivity index (χ0) is 15.9. The Hall–Kier alpha value is -1.55. The van der Waals surface area contributed by atoms with Gasteiger partial charge in [0.15, 0.2) is 6.61 Å². The first-order valence-electron chi connectivity index (χ1n) is 8.32. The Bertz CT molecular complexity index is 476. The lowest BCUT2D eigenvalue weighted by molar-refractivity contribution is -0.136. The lowest BCUT2D eigenvalue weighted by Crippen LogP contribution is -2.48. The number of benzene rings is 1. The molecule has 0 saturated carbocycles. The minimum absolute atomic E-state index is 0.108. The van der Waals surface area contributed by atoms with E-state index in [-0.39, 0.29) is 12.5 Å². The third-order valence-corrected chi connectivity index (χ3v) is 4.28. The van der Waals surface area contributed by atoms with Crippen LogP contribution in [0.25, 0.3) is 0 Å². The Morgan fingerprint density at radius 3 is 2.50 bits per heavy atom. The number of amides is 1.